The van der Waals surface area contributed by atoms with Crippen molar-refractivity contribution in [2.75, 3.05) is 19.0 Å². The highest BCUT2D eigenvalue weighted by Crippen LogP contribution is 2.29. The average Bonchev–Trinajstić information content (AvgIpc) is 2.33. The summed E-state index contributed by atoms with van der Waals surface area (Å²) < 4.78 is 11.3. The lowest BCUT2D eigenvalue weighted by molar-refractivity contribution is -0.0163. The highest BCUT2D eigenvalue weighted by Gasteiger charge is 2.13. The number of hydrogen-bond donors (Lipinski definition) is 2. The summed E-state index contributed by atoms with van der Waals surface area (Å²) in [6, 6.07) is 5.72. The van der Waals surface area contributed by atoms with Crippen molar-refractivity contribution in [1.82, 2.24) is 0 Å². The van der Waals surface area contributed by atoms with Gasteiger partial charge in [-0.1, -0.05) is 13.0 Å². The summed E-state index contributed by atoms with van der Waals surface area (Å²) in [6.07, 6.45) is 0. The smallest absolute Gasteiger partial charge is 0.131 e. The van der Waals surface area contributed by atoms with Crippen molar-refractivity contribution >= 4 is 17.6 Å². The van der Waals surface area contributed by atoms with Gasteiger partial charge in [-0.15, -0.1) is 11.8 Å². The molecule has 20 heavy (non-hydrogen) atoms. The molecule has 0 aliphatic heterocycles. The molecule has 0 saturated carbocycles. The van der Waals surface area contributed by atoms with E-state index in [9.17, 15) is 0 Å². The maximum atomic E-state index is 7.73. The second-order valence-corrected chi connectivity index (χ2v) is 6.59. The molecule has 0 bridgehead atoms. The van der Waals surface area contributed by atoms with Crippen LogP contribution in [0, 0.1) is 5.41 Å². The molecule has 0 amide bonds. The van der Waals surface area contributed by atoms with Crippen molar-refractivity contribution in [1.29, 1.82) is 5.41 Å². The number of nitrogens with one attached hydrogen (secondary N) is 1. The van der Waals surface area contributed by atoms with Gasteiger partial charge in [0.2, 0.25) is 0 Å². The van der Waals surface area contributed by atoms with E-state index in [1.54, 1.807) is 11.8 Å². The quantitative estimate of drug-likeness (QED) is 0.351. The molecule has 1 aromatic carbocycles. The van der Waals surface area contributed by atoms with Gasteiger partial charge in [-0.05, 0) is 38.7 Å². The van der Waals surface area contributed by atoms with Crippen LogP contribution in [0.5, 0.6) is 5.75 Å². The molecule has 0 spiro atoms. The zero-order chi connectivity index (χ0) is 15.2. The summed E-state index contributed by atoms with van der Waals surface area (Å²) in [7, 11) is 0. The van der Waals surface area contributed by atoms with Crippen LogP contribution < -0.4 is 10.5 Å². The molecule has 0 aliphatic carbocycles. The SMILES string of the molecule is CCSc1cccc(OCCOC(C)(C)C)c1C(=N)N. The van der Waals surface area contributed by atoms with Gasteiger partial charge in [0.05, 0.1) is 17.8 Å². The summed E-state index contributed by atoms with van der Waals surface area (Å²) >= 11 is 1.66. The normalized spacial score (nSPS) is 11.4. The first kappa shape index (κ1) is 16.9. The molecule has 4 nitrogen and oxygen atoms in total. The lowest BCUT2D eigenvalue weighted by Gasteiger charge is -2.20. The number of hydrogen-bond acceptors (Lipinski definition) is 4. The van der Waals surface area contributed by atoms with E-state index in [-0.39, 0.29) is 11.4 Å². The number of nitrogens with two attached hydrogens (primary N) is 1. The van der Waals surface area contributed by atoms with Crippen molar-refractivity contribution in [3.05, 3.63) is 23.8 Å². The average molecular weight is 296 g/mol. The molecule has 0 aromatic heterocycles. The van der Waals surface area contributed by atoms with Crippen LogP contribution in [0.1, 0.15) is 33.3 Å². The molecule has 0 fully saturated rings. The largest absolute Gasteiger partial charge is 0.490 e. The van der Waals surface area contributed by atoms with Crippen LogP contribution >= 0.6 is 11.8 Å². The maximum Gasteiger partial charge on any atom is 0.131 e. The molecule has 3 N–H and O–H groups in total. The highest BCUT2D eigenvalue weighted by atomic mass is 32.2. The maximum absolute atomic E-state index is 7.73. The lowest BCUT2D eigenvalue weighted by Crippen LogP contribution is -2.23. The topological polar surface area (TPSA) is 68.3 Å². The summed E-state index contributed by atoms with van der Waals surface area (Å²) in [5.74, 6) is 1.61. The molecular weight excluding hydrogens is 272 g/mol. The fourth-order valence-electron chi connectivity index (χ4n) is 1.67. The van der Waals surface area contributed by atoms with Gasteiger partial charge in [-0.3, -0.25) is 5.41 Å². The van der Waals surface area contributed by atoms with Gasteiger partial charge in [-0.2, -0.15) is 0 Å². The Hall–Kier alpha value is -1.20. The zero-order valence-corrected chi connectivity index (χ0v) is 13.5. The number of ether oxygens (including phenoxy) is 2. The predicted octanol–water partition coefficient (Wildman–Crippen LogP) is 3.28. The van der Waals surface area contributed by atoms with Gasteiger partial charge >= 0.3 is 0 Å². The first-order valence-electron chi connectivity index (χ1n) is 6.72. The summed E-state index contributed by atoms with van der Waals surface area (Å²) in [5.41, 5.74) is 6.18. The zero-order valence-electron chi connectivity index (χ0n) is 12.7. The minimum atomic E-state index is -0.174. The fraction of sp³-hybridized carbons (Fsp3) is 0.533. The van der Waals surface area contributed by atoms with E-state index in [0.717, 1.165) is 10.6 Å². The van der Waals surface area contributed by atoms with Gasteiger partial charge in [0.1, 0.15) is 18.2 Å². The Morgan fingerprint density at radius 2 is 2.00 bits per heavy atom. The van der Waals surface area contributed by atoms with E-state index in [1.807, 2.05) is 39.0 Å². The van der Waals surface area contributed by atoms with Crippen LogP contribution in [0.4, 0.5) is 0 Å². The molecule has 5 heteroatoms. The van der Waals surface area contributed by atoms with Crippen molar-refractivity contribution in [2.45, 2.75) is 38.2 Å². The third kappa shape index (κ3) is 5.43. The Balaban J connectivity index is 2.74. The third-order valence-corrected chi connectivity index (χ3v) is 3.37. The molecule has 0 saturated heterocycles. The second-order valence-electron chi connectivity index (χ2n) is 5.29. The first-order chi connectivity index (χ1) is 9.35. The van der Waals surface area contributed by atoms with Crippen LogP contribution in [0.25, 0.3) is 0 Å². The Kier molecular flexibility index (Phi) is 6.36. The van der Waals surface area contributed by atoms with Crippen LogP contribution in [-0.2, 0) is 4.74 Å². The molecule has 0 aliphatic rings. The van der Waals surface area contributed by atoms with E-state index in [0.29, 0.717) is 24.5 Å². The number of thioether (sulfide) groups is 1. The summed E-state index contributed by atoms with van der Waals surface area (Å²) in [5, 5.41) is 7.73. The monoisotopic (exact) mass is 296 g/mol. The van der Waals surface area contributed by atoms with Crippen molar-refractivity contribution < 1.29 is 9.47 Å². The van der Waals surface area contributed by atoms with Gasteiger partial charge in [0.25, 0.3) is 0 Å². The molecule has 1 rings (SSSR count). The third-order valence-electron chi connectivity index (χ3n) is 2.43. The van der Waals surface area contributed by atoms with Crippen LogP contribution in [-0.4, -0.2) is 30.4 Å². The Morgan fingerprint density at radius 3 is 2.55 bits per heavy atom. The van der Waals surface area contributed by atoms with Gasteiger partial charge in [-0.25, -0.2) is 0 Å². The second kappa shape index (κ2) is 7.55. The Bertz CT molecular complexity index is 456. The number of rotatable bonds is 7. The Labute approximate surface area is 125 Å². The van der Waals surface area contributed by atoms with E-state index < -0.39 is 0 Å². The van der Waals surface area contributed by atoms with E-state index in [2.05, 4.69) is 6.92 Å². The van der Waals surface area contributed by atoms with Gasteiger partial charge in [0, 0.05) is 4.90 Å². The number of benzene rings is 1. The minimum absolute atomic E-state index is 0.0355. The molecule has 0 atom stereocenters. The molecule has 0 radical (unpaired) electrons. The lowest BCUT2D eigenvalue weighted by atomic mass is 10.2. The van der Waals surface area contributed by atoms with E-state index in [1.165, 1.54) is 0 Å². The molecule has 0 heterocycles. The molecule has 112 valence electrons. The van der Waals surface area contributed by atoms with E-state index in [4.69, 9.17) is 20.6 Å². The first-order valence-corrected chi connectivity index (χ1v) is 7.70. The standard InChI is InChI=1S/C15H24N2O2S/c1-5-20-12-8-6-7-11(13(12)14(16)17)18-9-10-19-15(2,3)4/h6-8H,5,9-10H2,1-4H3,(H3,16,17). The van der Waals surface area contributed by atoms with Crippen molar-refractivity contribution in [3.63, 3.8) is 0 Å². The van der Waals surface area contributed by atoms with Gasteiger partial charge < -0.3 is 15.2 Å². The van der Waals surface area contributed by atoms with Crippen LogP contribution in [0.2, 0.25) is 0 Å². The summed E-state index contributed by atoms with van der Waals surface area (Å²) in [4.78, 5) is 0.981. The van der Waals surface area contributed by atoms with Crippen molar-refractivity contribution in [3.8, 4) is 5.75 Å². The van der Waals surface area contributed by atoms with Gasteiger partial charge in [0.15, 0.2) is 0 Å². The minimum Gasteiger partial charge on any atom is -0.490 e. The molecule has 0 unspecified atom stereocenters. The molecular formula is C15H24N2O2S. The number of nitrogen functional groups attached to an aromatic ring is 1. The van der Waals surface area contributed by atoms with Crippen LogP contribution in [0.15, 0.2) is 23.1 Å². The van der Waals surface area contributed by atoms with E-state index >= 15 is 0 Å². The predicted molar refractivity (Wildman–Crippen MR) is 85.1 cm³/mol. The van der Waals surface area contributed by atoms with Crippen molar-refractivity contribution in [2.24, 2.45) is 5.73 Å². The van der Waals surface area contributed by atoms with Crippen LogP contribution in [0.3, 0.4) is 0 Å². The molecule has 1 aromatic rings. The number of amidine groups is 1. The summed E-state index contributed by atoms with van der Waals surface area (Å²) in [6.45, 7) is 9.04. The Morgan fingerprint density at radius 1 is 1.30 bits per heavy atom. The fourth-order valence-corrected chi connectivity index (χ4v) is 2.51. The highest BCUT2D eigenvalue weighted by molar-refractivity contribution is 7.99.